The largest absolute Gasteiger partial charge is 0.468 e. The lowest BCUT2D eigenvalue weighted by molar-refractivity contribution is -0.137. The smallest absolute Gasteiger partial charge is 0.330 e. The van der Waals surface area contributed by atoms with Crippen molar-refractivity contribution in [2.24, 2.45) is 0 Å². The summed E-state index contributed by atoms with van der Waals surface area (Å²) in [6.45, 7) is 1.21. The molecule has 1 aromatic rings. The summed E-state index contributed by atoms with van der Waals surface area (Å²) < 4.78 is 28.0. The number of rotatable bonds is 7. The highest BCUT2D eigenvalue weighted by Gasteiger charge is 2.53. The van der Waals surface area contributed by atoms with Gasteiger partial charge in [-0.15, -0.1) is 11.6 Å². The summed E-state index contributed by atoms with van der Waals surface area (Å²) in [6, 6.07) is 1.12. The van der Waals surface area contributed by atoms with Crippen molar-refractivity contribution >= 4 is 36.2 Å². The Bertz CT molecular complexity index is 797. The molecule has 0 radical (unpaired) electrons. The van der Waals surface area contributed by atoms with Gasteiger partial charge in [-0.2, -0.15) is 0 Å². The number of aromatic nitrogens is 2. The number of esters is 1. The molecule has 146 valence electrons. The number of aliphatic hydroxyl groups is 1. The average molecular weight is 429 g/mol. The molecule has 0 aromatic carbocycles. The Morgan fingerprint density at radius 2 is 2.27 bits per heavy atom. The summed E-state index contributed by atoms with van der Waals surface area (Å²) in [4.78, 5) is 34.8. The molecular formula is C13H18ClN2O8PS. The van der Waals surface area contributed by atoms with E-state index in [1.54, 1.807) is 0 Å². The number of H-pyrrole nitrogens is 1. The first-order chi connectivity index (χ1) is 12.2. The molecule has 1 aliphatic heterocycles. The molecule has 0 spiro atoms. The summed E-state index contributed by atoms with van der Waals surface area (Å²) in [5.41, 5.74) is -1.33. The normalized spacial score (nSPS) is 29.5. The van der Waals surface area contributed by atoms with Gasteiger partial charge in [0.15, 0.2) is 6.23 Å². The number of nitrogens with zero attached hydrogens (tertiary/aromatic N) is 1. The van der Waals surface area contributed by atoms with E-state index in [1.807, 2.05) is 0 Å². The molecule has 0 amide bonds. The highest BCUT2D eigenvalue weighted by Crippen LogP contribution is 2.45. The molecule has 2 rings (SSSR count). The van der Waals surface area contributed by atoms with Crippen LogP contribution in [0.2, 0.25) is 0 Å². The van der Waals surface area contributed by atoms with Crippen LogP contribution in [0.5, 0.6) is 0 Å². The molecule has 5 atom stereocenters. The molecule has 1 saturated heterocycles. The predicted molar refractivity (Wildman–Crippen MR) is 94.9 cm³/mol. The Morgan fingerprint density at radius 3 is 2.88 bits per heavy atom. The highest BCUT2D eigenvalue weighted by atomic mass is 35.5. The van der Waals surface area contributed by atoms with Gasteiger partial charge in [-0.25, -0.2) is 4.79 Å². The fourth-order valence-corrected chi connectivity index (χ4v) is 4.53. The van der Waals surface area contributed by atoms with E-state index in [0.717, 1.165) is 22.0 Å². The second kappa shape index (κ2) is 8.73. The molecule has 1 aliphatic rings. The Kier molecular flexibility index (Phi) is 7.12. The van der Waals surface area contributed by atoms with Crippen LogP contribution in [0.4, 0.5) is 0 Å². The SMILES string of the molecule is COC(=O)CS[PH](=O)OC[C@H]1O[C@@H](n2ccc(=O)[nH]c2=O)[C@](C)(Cl)[C@@H]1O. The van der Waals surface area contributed by atoms with Crippen LogP contribution in [0.15, 0.2) is 21.9 Å². The zero-order valence-corrected chi connectivity index (χ0v) is 16.4. The van der Waals surface area contributed by atoms with E-state index >= 15 is 0 Å². The van der Waals surface area contributed by atoms with Crippen LogP contribution in [0, 0.1) is 0 Å². The van der Waals surface area contributed by atoms with Crippen molar-refractivity contribution in [2.45, 2.75) is 30.2 Å². The standard InChI is InChI=1S/C13H18ClN2O8PS/c1-13(14)10(19)7(5-23-25(21)26-6-9(18)22-2)24-11(13)16-4-3-8(17)15-12(16)20/h3-4,7,10-11,19,25H,5-6H2,1-2H3,(H,15,17,20)/t7-,10-,11-,13-/m1/s1. The molecule has 2 N–H and O–H groups in total. The number of methoxy groups -OCH3 is 1. The predicted octanol–water partition coefficient (Wildman–Crippen LogP) is 0.105. The van der Waals surface area contributed by atoms with Crippen molar-refractivity contribution in [3.8, 4) is 0 Å². The van der Waals surface area contributed by atoms with Crippen LogP contribution in [0.3, 0.4) is 0 Å². The molecule has 0 bridgehead atoms. The molecular weight excluding hydrogens is 411 g/mol. The second-order valence-corrected chi connectivity index (χ2v) is 9.61. The number of aliphatic hydroxyl groups excluding tert-OH is 1. The van der Waals surface area contributed by atoms with E-state index in [-0.39, 0.29) is 12.4 Å². The fraction of sp³-hybridized carbons (Fsp3) is 0.615. The van der Waals surface area contributed by atoms with Gasteiger partial charge in [-0.05, 0) is 6.92 Å². The number of ether oxygens (including phenoxy) is 2. The van der Waals surface area contributed by atoms with E-state index in [4.69, 9.17) is 20.9 Å². The Morgan fingerprint density at radius 1 is 1.58 bits per heavy atom. The lowest BCUT2D eigenvalue weighted by atomic mass is 10.0. The van der Waals surface area contributed by atoms with Gasteiger partial charge in [0.25, 0.3) is 5.56 Å². The molecule has 1 aromatic heterocycles. The maximum absolute atomic E-state index is 11.9. The lowest BCUT2D eigenvalue weighted by Crippen LogP contribution is -2.42. The van der Waals surface area contributed by atoms with Crippen molar-refractivity contribution in [3.05, 3.63) is 33.1 Å². The lowest BCUT2D eigenvalue weighted by Gasteiger charge is -2.26. The number of halogens is 1. The fourth-order valence-electron chi connectivity index (χ4n) is 2.33. The molecule has 1 fully saturated rings. The second-order valence-electron chi connectivity index (χ2n) is 5.57. The van der Waals surface area contributed by atoms with Crippen LogP contribution in [-0.2, 0) is 23.4 Å². The molecule has 26 heavy (non-hydrogen) atoms. The van der Waals surface area contributed by atoms with Gasteiger partial charge in [0.05, 0.1) is 13.7 Å². The Hall–Kier alpha value is -1.10. The molecule has 13 heteroatoms. The maximum Gasteiger partial charge on any atom is 0.330 e. The third-order valence-electron chi connectivity index (χ3n) is 3.72. The topological polar surface area (TPSA) is 137 Å². The summed E-state index contributed by atoms with van der Waals surface area (Å²) in [5, 5.41) is 10.4. The number of carbonyl (C=O) groups is 1. The number of nitrogens with one attached hydrogen (secondary N) is 1. The Balaban J connectivity index is 2.04. The van der Waals surface area contributed by atoms with Crippen LogP contribution < -0.4 is 11.2 Å². The highest BCUT2D eigenvalue weighted by molar-refractivity contribution is 8.50. The van der Waals surface area contributed by atoms with Gasteiger partial charge in [-0.1, -0.05) is 11.4 Å². The van der Waals surface area contributed by atoms with Crippen molar-refractivity contribution in [1.29, 1.82) is 0 Å². The summed E-state index contributed by atoms with van der Waals surface area (Å²) in [6.07, 6.45) is -2.08. The van der Waals surface area contributed by atoms with Crippen molar-refractivity contribution in [1.82, 2.24) is 9.55 Å². The number of carbonyl (C=O) groups excluding carboxylic acids is 1. The Labute approximate surface area is 157 Å². The van der Waals surface area contributed by atoms with Crippen molar-refractivity contribution < 1.29 is 28.5 Å². The van der Waals surface area contributed by atoms with Crippen molar-refractivity contribution in [2.75, 3.05) is 19.5 Å². The van der Waals surface area contributed by atoms with Gasteiger partial charge in [-0.3, -0.25) is 23.7 Å². The minimum Gasteiger partial charge on any atom is -0.468 e. The average Bonchev–Trinajstić information content (AvgIpc) is 2.81. The van der Waals surface area contributed by atoms with Crippen LogP contribution in [-0.4, -0.2) is 57.2 Å². The molecule has 0 aliphatic carbocycles. The number of alkyl halides is 1. The minimum absolute atomic E-state index is 0.134. The van der Waals surface area contributed by atoms with Crippen LogP contribution >= 0.6 is 30.2 Å². The first kappa shape index (κ1) is 21.2. The quantitative estimate of drug-likeness (QED) is 0.352. The van der Waals surface area contributed by atoms with Crippen LogP contribution in [0.1, 0.15) is 13.2 Å². The maximum atomic E-state index is 11.9. The van der Waals surface area contributed by atoms with Crippen LogP contribution in [0.25, 0.3) is 0 Å². The minimum atomic E-state index is -2.62. The van der Waals surface area contributed by atoms with Gasteiger partial charge >= 0.3 is 11.7 Å². The van der Waals surface area contributed by atoms with Crippen molar-refractivity contribution in [3.63, 3.8) is 0 Å². The van der Waals surface area contributed by atoms with E-state index in [1.165, 1.54) is 20.2 Å². The third kappa shape index (κ3) is 4.79. The first-order valence-corrected chi connectivity index (χ1v) is 10.8. The van der Waals surface area contributed by atoms with E-state index < -0.39 is 47.8 Å². The molecule has 2 heterocycles. The number of aromatic amines is 1. The molecule has 0 saturated carbocycles. The van der Waals surface area contributed by atoms with Gasteiger partial charge in [0.2, 0.25) is 7.23 Å². The van der Waals surface area contributed by atoms with Gasteiger partial charge in [0, 0.05) is 12.3 Å². The zero-order valence-electron chi connectivity index (χ0n) is 13.8. The van der Waals surface area contributed by atoms with E-state index in [2.05, 4.69) is 9.72 Å². The monoisotopic (exact) mass is 428 g/mol. The van der Waals surface area contributed by atoms with E-state index in [9.17, 15) is 24.1 Å². The summed E-state index contributed by atoms with van der Waals surface area (Å²) in [7, 11) is -1.41. The third-order valence-corrected chi connectivity index (χ3v) is 6.64. The number of hydrogen-bond acceptors (Lipinski definition) is 9. The first-order valence-electron chi connectivity index (χ1n) is 7.37. The van der Waals surface area contributed by atoms with Gasteiger partial charge < -0.3 is 19.1 Å². The summed E-state index contributed by atoms with van der Waals surface area (Å²) >= 11 is 7.12. The van der Waals surface area contributed by atoms with E-state index in [0.29, 0.717) is 0 Å². The molecule has 1 unspecified atom stereocenters. The number of hydrogen-bond donors (Lipinski definition) is 2. The summed E-state index contributed by atoms with van der Waals surface area (Å²) in [5.74, 6) is -0.676. The zero-order chi connectivity index (χ0) is 19.5. The molecule has 10 nitrogen and oxygen atoms in total. The van der Waals surface area contributed by atoms with Gasteiger partial charge in [0.1, 0.15) is 22.8 Å².